The summed E-state index contributed by atoms with van der Waals surface area (Å²) >= 11 is 0.984. The number of hydrogen-bond acceptors (Lipinski definition) is 6. The second-order valence-corrected chi connectivity index (χ2v) is 3.73. The highest BCUT2D eigenvalue weighted by atomic mass is 32.2. The summed E-state index contributed by atoms with van der Waals surface area (Å²) in [6, 6.07) is 3.55. The number of nitrogens with zero attached hydrogens (tertiary/aromatic N) is 3. The quantitative estimate of drug-likeness (QED) is 0.801. The SMILES string of the molecule is O=C(O)CSc1nc(-c2cccnc2)no1. The molecule has 2 rings (SSSR count). The fraction of sp³-hybridized carbons (Fsp3) is 0.111. The van der Waals surface area contributed by atoms with Gasteiger partial charge in [0.2, 0.25) is 5.82 Å². The molecule has 82 valence electrons. The van der Waals surface area contributed by atoms with Crippen LogP contribution in [0.5, 0.6) is 0 Å². The number of pyridine rings is 1. The van der Waals surface area contributed by atoms with Crippen molar-refractivity contribution in [3.63, 3.8) is 0 Å². The number of carbonyl (C=O) groups is 1. The topological polar surface area (TPSA) is 89.1 Å². The van der Waals surface area contributed by atoms with Crippen LogP contribution >= 0.6 is 11.8 Å². The molecule has 16 heavy (non-hydrogen) atoms. The highest BCUT2D eigenvalue weighted by Crippen LogP contribution is 2.20. The van der Waals surface area contributed by atoms with E-state index < -0.39 is 5.97 Å². The zero-order valence-corrected chi connectivity index (χ0v) is 8.85. The molecule has 2 aromatic heterocycles. The minimum absolute atomic E-state index is 0.103. The minimum Gasteiger partial charge on any atom is -0.481 e. The Morgan fingerprint density at radius 1 is 1.56 bits per heavy atom. The zero-order valence-electron chi connectivity index (χ0n) is 8.03. The lowest BCUT2D eigenvalue weighted by Crippen LogP contribution is -1.97. The largest absolute Gasteiger partial charge is 0.481 e. The summed E-state index contributed by atoms with van der Waals surface area (Å²) in [6.07, 6.45) is 3.25. The predicted molar refractivity (Wildman–Crippen MR) is 55.9 cm³/mol. The van der Waals surface area contributed by atoms with Crippen LogP contribution in [0.2, 0.25) is 0 Å². The first kappa shape index (κ1) is 10.6. The lowest BCUT2D eigenvalue weighted by molar-refractivity contribution is -0.133. The maximum atomic E-state index is 10.3. The van der Waals surface area contributed by atoms with Crippen LogP contribution in [0, 0.1) is 0 Å². The Hall–Kier alpha value is -1.89. The molecule has 0 bridgehead atoms. The molecule has 2 heterocycles. The van der Waals surface area contributed by atoms with Crippen LogP contribution in [0.3, 0.4) is 0 Å². The second kappa shape index (κ2) is 4.75. The van der Waals surface area contributed by atoms with E-state index in [1.165, 1.54) is 0 Å². The van der Waals surface area contributed by atoms with E-state index >= 15 is 0 Å². The molecule has 0 fully saturated rings. The van der Waals surface area contributed by atoms with Crippen molar-refractivity contribution in [1.29, 1.82) is 0 Å². The first-order valence-corrected chi connectivity index (χ1v) is 5.33. The molecule has 0 amide bonds. The van der Waals surface area contributed by atoms with Gasteiger partial charge in [-0.3, -0.25) is 9.78 Å². The van der Waals surface area contributed by atoms with Gasteiger partial charge in [0.1, 0.15) is 5.75 Å². The molecule has 0 aliphatic rings. The van der Waals surface area contributed by atoms with Crippen LogP contribution in [-0.2, 0) is 4.79 Å². The Bertz CT molecular complexity index is 486. The van der Waals surface area contributed by atoms with Crippen LogP contribution in [0.25, 0.3) is 11.4 Å². The van der Waals surface area contributed by atoms with Gasteiger partial charge in [-0.2, -0.15) is 4.98 Å². The standard InChI is InChI=1S/C9H7N3O3S/c13-7(14)5-16-9-11-8(12-15-9)6-2-1-3-10-4-6/h1-4H,5H2,(H,13,14). The number of rotatable bonds is 4. The van der Waals surface area contributed by atoms with Crippen LogP contribution in [0.4, 0.5) is 0 Å². The molecule has 7 heteroatoms. The summed E-state index contributed by atoms with van der Waals surface area (Å²) in [4.78, 5) is 18.3. The van der Waals surface area contributed by atoms with Gasteiger partial charge >= 0.3 is 5.97 Å². The first-order chi connectivity index (χ1) is 7.75. The van der Waals surface area contributed by atoms with Gasteiger partial charge in [0.15, 0.2) is 0 Å². The molecular formula is C9H7N3O3S. The molecule has 0 radical (unpaired) electrons. The lowest BCUT2D eigenvalue weighted by atomic mass is 10.3. The molecule has 0 atom stereocenters. The Morgan fingerprint density at radius 2 is 2.44 bits per heavy atom. The van der Waals surface area contributed by atoms with Crippen LogP contribution < -0.4 is 0 Å². The van der Waals surface area contributed by atoms with Gasteiger partial charge in [-0.1, -0.05) is 16.9 Å². The minimum atomic E-state index is -0.925. The molecule has 0 aliphatic heterocycles. The zero-order chi connectivity index (χ0) is 11.4. The third-order valence-electron chi connectivity index (χ3n) is 1.65. The summed E-state index contributed by atoms with van der Waals surface area (Å²) < 4.78 is 4.88. The predicted octanol–water partition coefficient (Wildman–Crippen LogP) is 1.31. The van der Waals surface area contributed by atoms with Crippen molar-refractivity contribution in [2.75, 3.05) is 5.75 Å². The summed E-state index contributed by atoms with van der Waals surface area (Å²) in [5, 5.41) is 12.4. The Kier molecular flexibility index (Phi) is 3.16. The number of aromatic nitrogens is 3. The molecule has 0 saturated heterocycles. The molecule has 0 spiro atoms. The fourth-order valence-electron chi connectivity index (χ4n) is 1.00. The van der Waals surface area contributed by atoms with E-state index in [4.69, 9.17) is 9.63 Å². The highest BCUT2D eigenvalue weighted by molar-refractivity contribution is 7.99. The molecule has 1 N–H and O–H groups in total. The Balaban J connectivity index is 2.11. The third kappa shape index (κ3) is 2.57. The first-order valence-electron chi connectivity index (χ1n) is 4.34. The van der Waals surface area contributed by atoms with Crippen molar-refractivity contribution in [1.82, 2.24) is 15.1 Å². The average molecular weight is 237 g/mol. The van der Waals surface area contributed by atoms with E-state index in [-0.39, 0.29) is 11.0 Å². The van der Waals surface area contributed by atoms with Gasteiger partial charge in [-0.15, -0.1) is 0 Å². The molecule has 2 aromatic rings. The van der Waals surface area contributed by atoms with Crippen LogP contribution in [0.1, 0.15) is 0 Å². The number of hydrogen-bond donors (Lipinski definition) is 1. The van der Waals surface area contributed by atoms with Crippen molar-refractivity contribution in [2.45, 2.75) is 5.22 Å². The molecule has 0 unspecified atom stereocenters. The van der Waals surface area contributed by atoms with Gasteiger partial charge in [0.25, 0.3) is 5.22 Å². The fourth-order valence-corrected chi connectivity index (χ4v) is 1.49. The van der Waals surface area contributed by atoms with E-state index in [0.717, 1.165) is 17.3 Å². The number of thioether (sulfide) groups is 1. The van der Waals surface area contributed by atoms with E-state index in [0.29, 0.717) is 5.82 Å². The number of carboxylic acids is 1. The van der Waals surface area contributed by atoms with E-state index in [1.807, 2.05) is 0 Å². The lowest BCUT2D eigenvalue weighted by Gasteiger charge is -1.89. The van der Waals surface area contributed by atoms with E-state index in [2.05, 4.69) is 15.1 Å². The van der Waals surface area contributed by atoms with Crippen LogP contribution in [0.15, 0.2) is 34.3 Å². The number of aliphatic carboxylic acids is 1. The summed E-state index contributed by atoms with van der Waals surface area (Å²) in [5.74, 6) is -0.624. The second-order valence-electron chi connectivity index (χ2n) is 2.81. The maximum Gasteiger partial charge on any atom is 0.314 e. The van der Waals surface area contributed by atoms with Crippen molar-refractivity contribution in [3.8, 4) is 11.4 Å². The van der Waals surface area contributed by atoms with Crippen molar-refractivity contribution >= 4 is 17.7 Å². The van der Waals surface area contributed by atoms with E-state index in [9.17, 15) is 4.79 Å². The molecule has 6 nitrogen and oxygen atoms in total. The Labute approximate surface area is 94.7 Å². The van der Waals surface area contributed by atoms with Gasteiger partial charge in [-0.25, -0.2) is 0 Å². The molecule has 0 aliphatic carbocycles. The van der Waals surface area contributed by atoms with Crippen molar-refractivity contribution in [3.05, 3.63) is 24.5 Å². The van der Waals surface area contributed by atoms with Gasteiger partial charge < -0.3 is 9.63 Å². The summed E-state index contributed by atoms with van der Waals surface area (Å²) in [5.41, 5.74) is 0.730. The van der Waals surface area contributed by atoms with E-state index in [1.54, 1.807) is 24.5 Å². The highest BCUT2D eigenvalue weighted by Gasteiger charge is 2.10. The summed E-state index contributed by atoms with van der Waals surface area (Å²) in [7, 11) is 0. The van der Waals surface area contributed by atoms with Crippen molar-refractivity contribution < 1.29 is 14.4 Å². The molecule has 0 saturated carbocycles. The monoisotopic (exact) mass is 237 g/mol. The van der Waals surface area contributed by atoms with Gasteiger partial charge in [0, 0.05) is 18.0 Å². The van der Waals surface area contributed by atoms with Crippen molar-refractivity contribution in [2.24, 2.45) is 0 Å². The van der Waals surface area contributed by atoms with Gasteiger partial charge in [-0.05, 0) is 12.1 Å². The summed E-state index contributed by atoms with van der Waals surface area (Å²) in [6.45, 7) is 0. The third-order valence-corrected chi connectivity index (χ3v) is 2.45. The Morgan fingerprint density at radius 3 is 3.12 bits per heavy atom. The average Bonchev–Trinajstić information content (AvgIpc) is 2.76. The molecular weight excluding hydrogens is 230 g/mol. The van der Waals surface area contributed by atoms with Gasteiger partial charge in [0.05, 0.1) is 0 Å². The molecule has 0 aromatic carbocycles. The number of carboxylic acid groups (broad SMARTS) is 1. The normalized spacial score (nSPS) is 10.2. The van der Waals surface area contributed by atoms with Crippen LogP contribution in [-0.4, -0.2) is 32.0 Å². The maximum absolute atomic E-state index is 10.3. The smallest absolute Gasteiger partial charge is 0.314 e.